The number of carbonyl (C=O) groups is 1. The Labute approximate surface area is 149 Å². The second-order valence-electron chi connectivity index (χ2n) is 6.68. The molecule has 4 rings (SSSR count). The summed E-state index contributed by atoms with van der Waals surface area (Å²) in [6.07, 6.45) is -0.771. The quantitative estimate of drug-likeness (QED) is 0.753. The number of rotatable bonds is 4. The maximum absolute atomic E-state index is 13.4. The van der Waals surface area contributed by atoms with Crippen LogP contribution in [0.15, 0.2) is 30.3 Å². The van der Waals surface area contributed by atoms with E-state index in [1.807, 2.05) is 26.0 Å². The Bertz CT molecular complexity index is 1010. The molecule has 1 aromatic carbocycles. The molecule has 1 aliphatic carbocycles. The van der Waals surface area contributed by atoms with Crippen molar-refractivity contribution in [2.45, 2.75) is 39.0 Å². The number of amides is 1. The maximum atomic E-state index is 13.4. The van der Waals surface area contributed by atoms with Crippen molar-refractivity contribution in [2.24, 2.45) is 0 Å². The first-order valence-electron chi connectivity index (χ1n) is 8.50. The highest BCUT2D eigenvalue weighted by molar-refractivity contribution is 6.04. The third-order valence-corrected chi connectivity index (χ3v) is 4.78. The van der Waals surface area contributed by atoms with E-state index in [2.05, 4.69) is 15.4 Å². The summed E-state index contributed by atoms with van der Waals surface area (Å²) in [7, 11) is 0. The van der Waals surface area contributed by atoms with E-state index in [9.17, 15) is 13.6 Å². The molecule has 7 heteroatoms. The molecular weight excluding hydrogens is 338 g/mol. The molecule has 0 unspecified atom stereocenters. The molecule has 1 fully saturated rings. The zero-order valence-corrected chi connectivity index (χ0v) is 14.5. The van der Waals surface area contributed by atoms with Gasteiger partial charge in [0.2, 0.25) is 0 Å². The molecule has 26 heavy (non-hydrogen) atoms. The molecule has 134 valence electrons. The number of nitrogens with zero attached hydrogens (tertiary/aromatic N) is 3. The maximum Gasteiger partial charge on any atom is 0.280 e. The lowest BCUT2D eigenvalue weighted by Crippen LogP contribution is -2.14. The molecule has 2 aromatic heterocycles. The molecule has 2 heterocycles. The molecule has 0 radical (unpaired) electrons. The van der Waals surface area contributed by atoms with Gasteiger partial charge in [0.1, 0.15) is 5.69 Å². The average Bonchev–Trinajstić information content (AvgIpc) is 3.36. The second kappa shape index (κ2) is 6.16. The van der Waals surface area contributed by atoms with Crippen molar-refractivity contribution in [1.82, 2.24) is 14.6 Å². The van der Waals surface area contributed by atoms with Crippen molar-refractivity contribution in [3.63, 3.8) is 0 Å². The van der Waals surface area contributed by atoms with Crippen molar-refractivity contribution < 1.29 is 13.6 Å². The first-order chi connectivity index (χ1) is 12.4. The van der Waals surface area contributed by atoms with Gasteiger partial charge in [0.25, 0.3) is 12.3 Å². The molecule has 1 N–H and O–H groups in total. The molecule has 0 aliphatic heterocycles. The SMILES string of the molecule is Cc1cccc(NC(=O)c2cc3nc(C4CC4)cc(C(F)F)n3n2)c1C. The topological polar surface area (TPSA) is 59.3 Å². The fourth-order valence-corrected chi connectivity index (χ4v) is 2.95. The Kier molecular flexibility index (Phi) is 3.94. The van der Waals surface area contributed by atoms with E-state index < -0.39 is 12.3 Å². The van der Waals surface area contributed by atoms with E-state index in [0.717, 1.165) is 28.5 Å². The monoisotopic (exact) mass is 356 g/mol. The number of aryl methyl sites for hydroxylation is 1. The molecule has 0 atom stereocenters. The molecule has 0 spiro atoms. The number of aromatic nitrogens is 3. The van der Waals surface area contributed by atoms with Crippen LogP contribution in [0.1, 0.15) is 58.2 Å². The number of benzene rings is 1. The van der Waals surface area contributed by atoms with Crippen LogP contribution in [0.4, 0.5) is 14.5 Å². The third-order valence-electron chi connectivity index (χ3n) is 4.78. The highest BCUT2D eigenvalue weighted by Gasteiger charge is 2.28. The van der Waals surface area contributed by atoms with Gasteiger partial charge in [-0.3, -0.25) is 4.79 Å². The predicted molar refractivity (Wildman–Crippen MR) is 93.8 cm³/mol. The summed E-state index contributed by atoms with van der Waals surface area (Å²) in [6.45, 7) is 3.86. The van der Waals surface area contributed by atoms with Crippen molar-refractivity contribution in [3.8, 4) is 0 Å². The molecular formula is C19H18F2N4O. The molecule has 1 saturated carbocycles. The number of nitrogens with one attached hydrogen (secondary N) is 1. The molecule has 0 saturated heterocycles. The number of halogens is 2. The van der Waals surface area contributed by atoms with Crippen LogP contribution >= 0.6 is 0 Å². The van der Waals surface area contributed by atoms with Gasteiger partial charge < -0.3 is 5.32 Å². The van der Waals surface area contributed by atoms with E-state index in [1.54, 1.807) is 6.07 Å². The van der Waals surface area contributed by atoms with Crippen LogP contribution in [-0.4, -0.2) is 20.5 Å². The Morgan fingerprint density at radius 3 is 2.73 bits per heavy atom. The Morgan fingerprint density at radius 1 is 1.27 bits per heavy atom. The highest BCUT2D eigenvalue weighted by atomic mass is 19.3. The van der Waals surface area contributed by atoms with E-state index in [1.165, 1.54) is 12.1 Å². The summed E-state index contributed by atoms with van der Waals surface area (Å²) in [5.41, 5.74) is 3.43. The zero-order valence-electron chi connectivity index (χ0n) is 14.5. The van der Waals surface area contributed by atoms with E-state index in [-0.39, 0.29) is 23.0 Å². The smallest absolute Gasteiger partial charge is 0.280 e. The number of carbonyl (C=O) groups excluding carboxylic acids is 1. The summed E-state index contributed by atoms with van der Waals surface area (Å²) in [5, 5.41) is 6.86. The van der Waals surface area contributed by atoms with Gasteiger partial charge in [-0.1, -0.05) is 12.1 Å². The fraction of sp³-hybridized carbons (Fsp3) is 0.316. The van der Waals surface area contributed by atoms with Gasteiger partial charge in [-0.15, -0.1) is 0 Å². The first kappa shape index (κ1) is 16.6. The average molecular weight is 356 g/mol. The number of fused-ring (bicyclic) bond motifs is 1. The van der Waals surface area contributed by atoms with Crippen LogP contribution in [-0.2, 0) is 0 Å². The van der Waals surface area contributed by atoms with Crippen molar-refractivity contribution in [1.29, 1.82) is 0 Å². The van der Waals surface area contributed by atoms with Crippen LogP contribution in [0, 0.1) is 13.8 Å². The lowest BCUT2D eigenvalue weighted by atomic mass is 10.1. The molecule has 0 bridgehead atoms. The van der Waals surface area contributed by atoms with E-state index in [0.29, 0.717) is 11.4 Å². The third kappa shape index (κ3) is 2.94. The second-order valence-corrected chi connectivity index (χ2v) is 6.68. The standard InChI is InChI=1S/C19H18F2N4O/c1-10-4-3-5-13(11(10)2)23-19(26)15-9-17-22-14(12-6-7-12)8-16(18(20)21)25(17)24-15/h3-5,8-9,12,18H,6-7H2,1-2H3,(H,23,26). The van der Waals surface area contributed by atoms with Crippen LogP contribution in [0.25, 0.3) is 5.65 Å². The van der Waals surface area contributed by atoms with Crippen LogP contribution in [0.3, 0.4) is 0 Å². The van der Waals surface area contributed by atoms with Gasteiger partial charge in [-0.05, 0) is 49.9 Å². The zero-order chi connectivity index (χ0) is 18.4. The minimum absolute atomic E-state index is 0.0632. The number of anilines is 1. The Balaban J connectivity index is 1.71. The van der Waals surface area contributed by atoms with Gasteiger partial charge >= 0.3 is 0 Å². The number of hydrogen-bond donors (Lipinski definition) is 1. The predicted octanol–water partition coefficient (Wildman–Crippen LogP) is 4.41. The van der Waals surface area contributed by atoms with E-state index >= 15 is 0 Å². The van der Waals surface area contributed by atoms with Gasteiger partial charge in [-0.25, -0.2) is 18.3 Å². The lowest BCUT2D eigenvalue weighted by molar-refractivity contribution is 0.102. The van der Waals surface area contributed by atoms with Crippen LogP contribution in [0.5, 0.6) is 0 Å². The lowest BCUT2D eigenvalue weighted by Gasteiger charge is -2.09. The highest BCUT2D eigenvalue weighted by Crippen LogP contribution is 2.40. The normalized spacial score (nSPS) is 14.2. The minimum atomic E-state index is -2.69. The molecule has 1 amide bonds. The Morgan fingerprint density at radius 2 is 2.04 bits per heavy atom. The summed E-state index contributed by atoms with van der Waals surface area (Å²) in [4.78, 5) is 17.0. The van der Waals surface area contributed by atoms with Gasteiger partial charge in [0, 0.05) is 23.4 Å². The number of alkyl halides is 2. The molecule has 5 nitrogen and oxygen atoms in total. The van der Waals surface area contributed by atoms with Crippen LogP contribution in [0.2, 0.25) is 0 Å². The molecule has 1 aliphatic rings. The summed E-state index contributed by atoms with van der Waals surface area (Å²) >= 11 is 0. The first-order valence-corrected chi connectivity index (χ1v) is 8.50. The van der Waals surface area contributed by atoms with Crippen molar-refractivity contribution >= 4 is 17.2 Å². The van der Waals surface area contributed by atoms with Crippen molar-refractivity contribution in [2.75, 3.05) is 5.32 Å². The van der Waals surface area contributed by atoms with Gasteiger partial charge in [0.05, 0.1) is 0 Å². The van der Waals surface area contributed by atoms with Crippen molar-refractivity contribution in [3.05, 3.63) is 58.5 Å². The largest absolute Gasteiger partial charge is 0.320 e. The summed E-state index contributed by atoms with van der Waals surface area (Å²) < 4.78 is 27.9. The van der Waals surface area contributed by atoms with Gasteiger partial charge in [0.15, 0.2) is 11.3 Å². The number of hydrogen-bond acceptors (Lipinski definition) is 3. The van der Waals surface area contributed by atoms with E-state index in [4.69, 9.17) is 0 Å². The minimum Gasteiger partial charge on any atom is -0.320 e. The summed E-state index contributed by atoms with van der Waals surface area (Å²) in [6, 6.07) is 8.45. The fourth-order valence-electron chi connectivity index (χ4n) is 2.95. The van der Waals surface area contributed by atoms with Gasteiger partial charge in [-0.2, -0.15) is 5.10 Å². The summed E-state index contributed by atoms with van der Waals surface area (Å²) in [5.74, 6) is -0.211. The Hall–Kier alpha value is -2.83. The molecule has 3 aromatic rings. The van der Waals surface area contributed by atoms with Crippen LogP contribution < -0.4 is 5.32 Å².